The third-order valence-electron chi connectivity index (χ3n) is 5.37. The third-order valence-corrected chi connectivity index (χ3v) is 5.37. The van der Waals surface area contributed by atoms with Gasteiger partial charge in [0.05, 0.1) is 31.3 Å². The fraction of sp³-hybridized carbons (Fsp3) is 0.435. The minimum absolute atomic E-state index is 0. The summed E-state index contributed by atoms with van der Waals surface area (Å²) in [4.78, 5) is 17.8. The Bertz CT molecular complexity index is 934. The van der Waals surface area contributed by atoms with E-state index in [1.807, 2.05) is 25.1 Å². The molecule has 2 aromatic carbocycles. The van der Waals surface area contributed by atoms with E-state index in [-0.39, 0.29) is 47.2 Å². The molecule has 1 atom stereocenters. The van der Waals surface area contributed by atoms with E-state index in [0.29, 0.717) is 18.1 Å². The van der Waals surface area contributed by atoms with Crippen LogP contribution in [0.3, 0.4) is 0 Å². The van der Waals surface area contributed by atoms with Gasteiger partial charge < -0.3 is 20.1 Å². The first-order valence-electron chi connectivity index (χ1n) is 10.7. The van der Waals surface area contributed by atoms with Crippen molar-refractivity contribution in [1.82, 2.24) is 15.5 Å². The van der Waals surface area contributed by atoms with E-state index in [1.54, 1.807) is 32.4 Å². The van der Waals surface area contributed by atoms with Crippen LogP contribution < -0.4 is 20.1 Å². The van der Waals surface area contributed by atoms with E-state index in [9.17, 15) is 10.1 Å². The molecule has 180 valence electrons. The van der Waals surface area contributed by atoms with Crippen molar-refractivity contribution in [3.05, 3.63) is 63.7 Å². The molecule has 33 heavy (non-hydrogen) atoms. The van der Waals surface area contributed by atoms with Gasteiger partial charge in [-0.05, 0) is 31.0 Å². The molecule has 0 spiro atoms. The summed E-state index contributed by atoms with van der Waals surface area (Å²) in [5.74, 6) is 2.23. The van der Waals surface area contributed by atoms with Crippen molar-refractivity contribution in [2.45, 2.75) is 32.5 Å². The van der Waals surface area contributed by atoms with Gasteiger partial charge in [0.25, 0.3) is 5.69 Å². The van der Waals surface area contributed by atoms with E-state index >= 15 is 0 Å². The molecular weight excluding hydrogens is 537 g/mol. The molecule has 1 saturated heterocycles. The highest BCUT2D eigenvalue weighted by molar-refractivity contribution is 14.0. The molecule has 0 bridgehead atoms. The number of hydrogen-bond donors (Lipinski definition) is 2. The highest BCUT2D eigenvalue weighted by Crippen LogP contribution is 2.24. The van der Waals surface area contributed by atoms with Gasteiger partial charge in [0.2, 0.25) is 0 Å². The number of nitrogens with one attached hydrogen (secondary N) is 2. The average molecular weight is 569 g/mol. The zero-order chi connectivity index (χ0) is 22.9. The van der Waals surface area contributed by atoms with Crippen LogP contribution >= 0.6 is 24.0 Å². The average Bonchev–Trinajstić information content (AvgIpc) is 3.23. The minimum Gasteiger partial charge on any atom is -0.497 e. The smallest absolute Gasteiger partial charge is 0.274 e. The van der Waals surface area contributed by atoms with Crippen molar-refractivity contribution in [3.8, 4) is 11.5 Å². The Morgan fingerprint density at radius 1 is 1.21 bits per heavy atom. The Balaban J connectivity index is 0.00000385. The zero-order valence-electron chi connectivity index (χ0n) is 19.2. The fourth-order valence-corrected chi connectivity index (χ4v) is 3.81. The van der Waals surface area contributed by atoms with Gasteiger partial charge in [0, 0.05) is 44.4 Å². The van der Waals surface area contributed by atoms with Crippen molar-refractivity contribution in [3.63, 3.8) is 0 Å². The van der Waals surface area contributed by atoms with Gasteiger partial charge in [-0.2, -0.15) is 0 Å². The molecule has 1 aliphatic rings. The summed E-state index contributed by atoms with van der Waals surface area (Å²) in [5.41, 5.74) is 1.82. The minimum atomic E-state index is -0.367. The number of halogens is 1. The highest BCUT2D eigenvalue weighted by atomic mass is 127. The molecule has 2 N–H and O–H groups in total. The number of ether oxygens (including phenoxy) is 2. The van der Waals surface area contributed by atoms with Gasteiger partial charge in [-0.25, -0.2) is 4.99 Å². The molecular formula is C23H32IN5O4. The van der Waals surface area contributed by atoms with Crippen LogP contribution in [0.1, 0.15) is 24.5 Å². The standard InChI is InChI=1S/C23H31N5O4.HI/c1-4-24-23(25-14-18-7-5-6-8-22(18)28(29)30)26-19-9-10-27(16-19)15-17-11-20(31-2)13-21(12-17)32-3;/h5-8,11-13,19H,4,9-10,14-16H2,1-3H3,(H2,24,25,26);1H. The van der Waals surface area contributed by atoms with Crippen LogP contribution in [0.4, 0.5) is 5.69 Å². The molecule has 0 radical (unpaired) electrons. The lowest BCUT2D eigenvalue weighted by Gasteiger charge is -2.19. The lowest BCUT2D eigenvalue weighted by Crippen LogP contribution is -2.44. The van der Waals surface area contributed by atoms with Gasteiger partial charge in [-0.3, -0.25) is 15.0 Å². The SMILES string of the molecule is CCNC(=NCc1ccccc1[N+](=O)[O-])NC1CCN(Cc2cc(OC)cc(OC)c2)C1.I. The maximum Gasteiger partial charge on any atom is 0.274 e. The number of hydrogen-bond acceptors (Lipinski definition) is 6. The van der Waals surface area contributed by atoms with Crippen LogP contribution in [0.15, 0.2) is 47.5 Å². The quantitative estimate of drug-likeness (QED) is 0.157. The van der Waals surface area contributed by atoms with E-state index < -0.39 is 0 Å². The number of benzene rings is 2. The summed E-state index contributed by atoms with van der Waals surface area (Å²) in [5, 5.41) is 18.0. The fourth-order valence-electron chi connectivity index (χ4n) is 3.81. The molecule has 2 aromatic rings. The van der Waals surface area contributed by atoms with Crippen molar-refractivity contribution < 1.29 is 14.4 Å². The Morgan fingerprint density at radius 3 is 2.55 bits per heavy atom. The molecule has 0 aliphatic carbocycles. The monoisotopic (exact) mass is 569 g/mol. The number of nitro groups is 1. The van der Waals surface area contributed by atoms with E-state index in [4.69, 9.17) is 9.47 Å². The summed E-state index contributed by atoms with van der Waals surface area (Å²) < 4.78 is 10.7. The van der Waals surface area contributed by atoms with Gasteiger partial charge >= 0.3 is 0 Å². The Morgan fingerprint density at radius 2 is 1.91 bits per heavy atom. The van der Waals surface area contributed by atoms with Crippen molar-refractivity contribution in [2.24, 2.45) is 4.99 Å². The third kappa shape index (κ3) is 7.74. The van der Waals surface area contributed by atoms with E-state index in [2.05, 4.69) is 20.5 Å². The molecule has 0 aromatic heterocycles. The summed E-state index contributed by atoms with van der Waals surface area (Å²) >= 11 is 0. The van der Waals surface area contributed by atoms with Crippen LogP contribution in [0.25, 0.3) is 0 Å². The van der Waals surface area contributed by atoms with E-state index in [1.165, 1.54) is 6.07 Å². The van der Waals surface area contributed by atoms with Gasteiger partial charge in [-0.1, -0.05) is 18.2 Å². The van der Waals surface area contributed by atoms with Gasteiger partial charge in [0.1, 0.15) is 11.5 Å². The zero-order valence-corrected chi connectivity index (χ0v) is 21.6. The Kier molecular flexibility index (Phi) is 10.7. The molecule has 0 saturated carbocycles. The molecule has 3 rings (SSSR count). The summed E-state index contributed by atoms with van der Waals surface area (Å²) in [6, 6.07) is 12.9. The van der Waals surface area contributed by atoms with E-state index in [0.717, 1.165) is 43.1 Å². The largest absolute Gasteiger partial charge is 0.497 e. The number of nitrogens with zero attached hydrogens (tertiary/aromatic N) is 3. The van der Waals surface area contributed by atoms with Crippen molar-refractivity contribution in [1.29, 1.82) is 0 Å². The second-order valence-electron chi connectivity index (χ2n) is 7.67. The maximum absolute atomic E-state index is 11.2. The topological polar surface area (TPSA) is 101 Å². The number of aliphatic imine (C=N–C) groups is 1. The van der Waals surface area contributed by atoms with Crippen LogP contribution in [0.2, 0.25) is 0 Å². The molecule has 1 heterocycles. The number of rotatable bonds is 9. The molecule has 1 unspecified atom stereocenters. The maximum atomic E-state index is 11.2. The first-order valence-corrected chi connectivity index (χ1v) is 10.7. The lowest BCUT2D eigenvalue weighted by atomic mass is 10.2. The molecule has 1 fully saturated rings. The first kappa shape index (κ1) is 26.7. The molecule has 0 amide bonds. The Hall–Kier alpha value is -2.60. The van der Waals surface area contributed by atoms with Crippen molar-refractivity contribution >= 4 is 35.6 Å². The predicted octanol–water partition coefficient (Wildman–Crippen LogP) is 3.56. The van der Waals surface area contributed by atoms with Crippen LogP contribution in [-0.2, 0) is 13.1 Å². The number of nitro benzene ring substituents is 1. The molecule has 9 nitrogen and oxygen atoms in total. The summed E-state index contributed by atoms with van der Waals surface area (Å²) in [6.45, 7) is 5.58. The normalized spacial score (nSPS) is 16.1. The number of likely N-dealkylation sites (tertiary alicyclic amines) is 1. The summed E-state index contributed by atoms with van der Waals surface area (Å²) in [6.07, 6.45) is 0.983. The van der Waals surface area contributed by atoms with Crippen LogP contribution in [0, 0.1) is 10.1 Å². The van der Waals surface area contributed by atoms with Gasteiger partial charge in [-0.15, -0.1) is 24.0 Å². The second-order valence-corrected chi connectivity index (χ2v) is 7.67. The molecule has 10 heteroatoms. The second kappa shape index (κ2) is 13.2. The number of para-hydroxylation sites is 1. The van der Waals surface area contributed by atoms with Crippen LogP contribution in [0.5, 0.6) is 11.5 Å². The van der Waals surface area contributed by atoms with Gasteiger partial charge in [0.15, 0.2) is 5.96 Å². The lowest BCUT2D eigenvalue weighted by molar-refractivity contribution is -0.385. The Labute approximate surface area is 211 Å². The van der Waals surface area contributed by atoms with Crippen molar-refractivity contribution in [2.75, 3.05) is 33.9 Å². The number of methoxy groups -OCH3 is 2. The molecule has 1 aliphatic heterocycles. The highest BCUT2D eigenvalue weighted by Gasteiger charge is 2.23. The van der Waals surface area contributed by atoms with Crippen LogP contribution in [-0.4, -0.2) is 55.7 Å². The number of guanidine groups is 1. The first-order chi connectivity index (χ1) is 15.5. The summed E-state index contributed by atoms with van der Waals surface area (Å²) in [7, 11) is 3.31. The predicted molar refractivity (Wildman–Crippen MR) is 140 cm³/mol.